The van der Waals surface area contributed by atoms with Crippen molar-refractivity contribution in [3.05, 3.63) is 66.2 Å². The summed E-state index contributed by atoms with van der Waals surface area (Å²) < 4.78 is 31.5. The minimum atomic E-state index is -0.481. The van der Waals surface area contributed by atoms with Crippen molar-refractivity contribution >= 4 is 22.4 Å². The molecule has 1 aliphatic rings. The molecule has 6 nitrogen and oxygen atoms in total. The zero-order valence-electron chi connectivity index (χ0n) is 15.1. The van der Waals surface area contributed by atoms with Crippen LogP contribution < -0.4 is 10.1 Å². The van der Waals surface area contributed by atoms with Crippen LogP contribution in [0.3, 0.4) is 0 Å². The number of nitrogens with one attached hydrogen (secondary N) is 1. The molecule has 1 amide bonds. The summed E-state index contributed by atoms with van der Waals surface area (Å²) >= 11 is 0. The predicted octanol–water partition coefficient (Wildman–Crippen LogP) is 3.42. The van der Waals surface area contributed by atoms with E-state index >= 15 is 0 Å². The number of aromatic nitrogens is 1. The summed E-state index contributed by atoms with van der Waals surface area (Å²) in [5.74, 6) is -0.460. The molecule has 1 N–H and O–H groups in total. The van der Waals surface area contributed by atoms with E-state index in [2.05, 4.69) is 10.3 Å². The lowest BCUT2D eigenvalue weighted by atomic mass is 10.1. The van der Waals surface area contributed by atoms with Crippen LogP contribution >= 0.6 is 0 Å². The lowest BCUT2D eigenvalue weighted by Crippen LogP contribution is -2.33. The Bertz CT molecular complexity index is 975. The maximum atomic E-state index is 14.8. The summed E-state index contributed by atoms with van der Waals surface area (Å²) in [7, 11) is 0. The van der Waals surface area contributed by atoms with Crippen molar-refractivity contribution in [3.63, 3.8) is 0 Å². The molecule has 1 unspecified atom stereocenters. The SMILES string of the molecule is O=C(Nc1cc(F)c2c(OCC3COCCO3)cccc2c1)c1ccccn1. The number of nitrogens with zero attached hydrogens (tertiary/aromatic N) is 1. The van der Waals surface area contributed by atoms with Crippen LogP contribution in [0, 0.1) is 5.82 Å². The van der Waals surface area contributed by atoms with Gasteiger partial charge < -0.3 is 19.5 Å². The third kappa shape index (κ3) is 4.11. The summed E-state index contributed by atoms with van der Waals surface area (Å²) in [4.78, 5) is 16.3. The number of carbonyl (C=O) groups is 1. The molecule has 0 radical (unpaired) electrons. The zero-order chi connectivity index (χ0) is 19.3. The first-order chi connectivity index (χ1) is 13.7. The number of carbonyl (C=O) groups excluding carboxylic acids is 1. The number of amides is 1. The Morgan fingerprint density at radius 2 is 2.14 bits per heavy atom. The van der Waals surface area contributed by atoms with Gasteiger partial charge in [0, 0.05) is 11.9 Å². The number of benzene rings is 2. The lowest BCUT2D eigenvalue weighted by Gasteiger charge is -2.23. The number of pyridine rings is 1. The number of anilines is 1. The van der Waals surface area contributed by atoms with E-state index in [-0.39, 0.29) is 18.4 Å². The van der Waals surface area contributed by atoms with E-state index in [1.165, 1.54) is 12.3 Å². The van der Waals surface area contributed by atoms with Crippen LogP contribution in [0.5, 0.6) is 5.75 Å². The van der Waals surface area contributed by atoms with Crippen LogP contribution in [0.1, 0.15) is 10.5 Å². The summed E-state index contributed by atoms with van der Waals surface area (Å²) in [5, 5.41) is 3.65. The summed E-state index contributed by atoms with van der Waals surface area (Å²) in [5.41, 5.74) is 0.608. The molecule has 4 rings (SSSR count). The Labute approximate surface area is 161 Å². The van der Waals surface area contributed by atoms with Gasteiger partial charge in [-0.15, -0.1) is 0 Å². The van der Waals surface area contributed by atoms with E-state index in [0.29, 0.717) is 42.0 Å². The quantitative estimate of drug-likeness (QED) is 0.732. The third-order valence-electron chi connectivity index (χ3n) is 4.36. The van der Waals surface area contributed by atoms with Crippen molar-refractivity contribution < 1.29 is 23.4 Å². The van der Waals surface area contributed by atoms with Crippen molar-refractivity contribution in [3.8, 4) is 5.75 Å². The fraction of sp³-hybridized carbons (Fsp3) is 0.238. The van der Waals surface area contributed by atoms with Crippen LogP contribution in [-0.4, -0.2) is 43.4 Å². The van der Waals surface area contributed by atoms with Gasteiger partial charge in [-0.05, 0) is 35.7 Å². The van der Waals surface area contributed by atoms with Crippen molar-refractivity contribution in [1.29, 1.82) is 0 Å². The number of fused-ring (bicyclic) bond motifs is 1. The van der Waals surface area contributed by atoms with E-state index < -0.39 is 11.7 Å². The van der Waals surface area contributed by atoms with Crippen molar-refractivity contribution in [1.82, 2.24) is 4.98 Å². The smallest absolute Gasteiger partial charge is 0.274 e. The highest BCUT2D eigenvalue weighted by molar-refractivity contribution is 6.04. The molecule has 3 aromatic rings. The zero-order valence-corrected chi connectivity index (χ0v) is 15.1. The molecule has 28 heavy (non-hydrogen) atoms. The Morgan fingerprint density at radius 3 is 2.93 bits per heavy atom. The van der Waals surface area contributed by atoms with Crippen LogP contribution in [-0.2, 0) is 9.47 Å². The molecular formula is C21H19FN2O4. The molecule has 0 saturated carbocycles. The molecule has 1 aromatic heterocycles. The molecule has 0 aliphatic carbocycles. The number of rotatable bonds is 5. The second-order valence-corrected chi connectivity index (χ2v) is 6.36. The molecule has 1 atom stereocenters. The maximum absolute atomic E-state index is 14.8. The minimum absolute atomic E-state index is 0.177. The number of ether oxygens (including phenoxy) is 3. The Morgan fingerprint density at radius 1 is 1.21 bits per heavy atom. The first kappa shape index (κ1) is 18.3. The maximum Gasteiger partial charge on any atom is 0.274 e. The molecule has 2 heterocycles. The molecule has 0 spiro atoms. The molecule has 144 valence electrons. The summed E-state index contributed by atoms with van der Waals surface area (Å²) in [6.07, 6.45) is 1.35. The summed E-state index contributed by atoms with van der Waals surface area (Å²) in [6.45, 7) is 1.83. The largest absolute Gasteiger partial charge is 0.490 e. The van der Waals surface area contributed by atoms with Gasteiger partial charge in [0.25, 0.3) is 5.91 Å². The normalized spacial score (nSPS) is 16.7. The Hall–Kier alpha value is -3.03. The average molecular weight is 382 g/mol. The average Bonchev–Trinajstić information content (AvgIpc) is 2.73. The fourth-order valence-electron chi connectivity index (χ4n) is 3.04. The molecule has 1 fully saturated rings. The molecule has 7 heteroatoms. The van der Waals surface area contributed by atoms with Crippen LogP contribution in [0.4, 0.5) is 10.1 Å². The summed E-state index contributed by atoms with van der Waals surface area (Å²) in [6, 6.07) is 13.3. The van der Waals surface area contributed by atoms with E-state index in [4.69, 9.17) is 14.2 Å². The van der Waals surface area contributed by atoms with Crippen LogP contribution in [0.25, 0.3) is 10.8 Å². The fourth-order valence-corrected chi connectivity index (χ4v) is 3.04. The van der Waals surface area contributed by atoms with Crippen molar-refractivity contribution in [2.45, 2.75) is 6.10 Å². The number of halogens is 1. The highest BCUT2D eigenvalue weighted by Crippen LogP contribution is 2.31. The lowest BCUT2D eigenvalue weighted by molar-refractivity contribution is -0.101. The molecule has 2 aromatic carbocycles. The Kier molecular flexibility index (Phi) is 5.45. The second-order valence-electron chi connectivity index (χ2n) is 6.36. The van der Waals surface area contributed by atoms with Gasteiger partial charge in [-0.25, -0.2) is 4.39 Å². The van der Waals surface area contributed by atoms with Crippen LogP contribution in [0.2, 0.25) is 0 Å². The minimum Gasteiger partial charge on any atom is -0.490 e. The number of hydrogen-bond acceptors (Lipinski definition) is 5. The van der Waals surface area contributed by atoms with E-state index in [0.717, 1.165) is 0 Å². The number of hydrogen-bond donors (Lipinski definition) is 1. The van der Waals surface area contributed by atoms with E-state index in [1.807, 2.05) is 0 Å². The Balaban J connectivity index is 1.54. The van der Waals surface area contributed by atoms with Gasteiger partial charge in [0.2, 0.25) is 0 Å². The molecule has 0 bridgehead atoms. The van der Waals surface area contributed by atoms with Crippen LogP contribution in [0.15, 0.2) is 54.7 Å². The first-order valence-electron chi connectivity index (χ1n) is 8.97. The van der Waals surface area contributed by atoms with Gasteiger partial charge in [-0.3, -0.25) is 9.78 Å². The van der Waals surface area contributed by atoms with Gasteiger partial charge in [0.05, 0.1) is 25.2 Å². The van der Waals surface area contributed by atoms with Gasteiger partial charge in [0.15, 0.2) is 0 Å². The van der Waals surface area contributed by atoms with Gasteiger partial charge >= 0.3 is 0 Å². The van der Waals surface area contributed by atoms with Crippen molar-refractivity contribution in [2.24, 2.45) is 0 Å². The second kappa shape index (κ2) is 8.33. The molecule has 1 aliphatic heterocycles. The van der Waals surface area contributed by atoms with Crippen molar-refractivity contribution in [2.75, 3.05) is 31.7 Å². The monoisotopic (exact) mass is 382 g/mol. The highest BCUT2D eigenvalue weighted by Gasteiger charge is 2.17. The van der Waals surface area contributed by atoms with E-state index in [9.17, 15) is 9.18 Å². The third-order valence-corrected chi connectivity index (χ3v) is 4.36. The highest BCUT2D eigenvalue weighted by atomic mass is 19.1. The standard InChI is InChI=1S/C21H19FN2O4/c22-17-11-15(24-21(25)18-5-1-2-7-23-18)10-14-4-3-6-19(20(14)17)28-13-16-12-26-8-9-27-16/h1-7,10-11,16H,8-9,12-13H2,(H,24,25). The van der Waals surface area contributed by atoms with Gasteiger partial charge in [-0.2, -0.15) is 0 Å². The van der Waals surface area contributed by atoms with E-state index in [1.54, 1.807) is 42.5 Å². The topological polar surface area (TPSA) is 69.7 Å². The van der Waals surface area contributed by atoms with Gasteiger partial charge in [-0.1, -0.05) is 18.2 Å². The predicted molar refractivity (Wildman–Crippen MR) is 102 cm³/mol. The molecular weight excluding hydrogens is 363 g/mol. The first-order valence-corrected chi connectivity index (χ1v) is 8.97. The molecule has 1 saturated heterocycles. The van der Waals surface area contributed by atoms with Gasteiger partial charge in [0.1, 0.15) is 30.0 Å².